The number of aryl methyl sites for hydroxylation is 1. The molecular weight excluding hydrogens is 254 g/mol. The van der Waals surface area contributed by atoms with Gasteiger partial charge in [0.25, 0.3) is 0 Å². The van der Waals surface area contributed by atoms with E-state index in [-0.39, 0.29) is 11.8 Å². The molecule has 0 bridgehead atoms. The fraction of sp³-hybridized carbons (Fsp3) is 0.400. The SMILES string of the molecule is Cc1ccc(-c2nnc(C(=O)NCCC(C)C)o2)cc1. The molecule has 0 aliphatic rings. The van der Waals surface area contributed by atoms with Gasteiger partial charge in [-0.1, -0.05) is 31.5 Å². The average Bonchev–Trinajstić information content (AvgIpc) is 2.88. The summed E-state index contributed by atoms with van der Waals surface area (Å²) in [5.41, 5.74) is 1.96. The second kappa shape index (κ2) is 6.32. The number of aromatic nitrogens is 2. The Balaban J connectivity index is 2.01. The zero-order chi connectivity index (χ0) is 14.5. The first-order chi connectivity index (χ1) is 9.56. The average molecular weight is 273 g/mol. The predicted molar refractivity (Wildman–Crippen MR) is 76.3 cm³/mol. The third-order valence-electron chi connectivity index (χ3n) is 2.93. The highest BCUT2D eigenvalue weighted by Gasteiger charge is 2.15. The summed E-state index contributed by atoms with van der Waals surface area (Å²) in [6, 6.07) is 7.70. The summed E-state index contributed by atoms with van der Waals surface area (Å²) < 4.78 is 5.39. The lowest BCUT2D eigenvalue weighted by Gasteiger charge is -2.04. The zero-order valence-corrected chi connectivity index (χ0v) is 12.0. The molecule has 1 amide bonds. The second-order valence-corrected chi connectivity index (χ2v) is 5.22. The van der Waals surface area contributed by atoms with E-state index in [0.717, 1.165) is 17.5 Å². The monoisotopic (exact) mass is 273 g/mol. The van der Waals surface area contributed by atoms with E-state index in [1.807, 2.05) is 31.2 Å². The molecule has 1 aromatic carbocycles. The Bertz CT molecular complexity index is 573. The minimum atomic E-state index is -0.323. The molecule has 1 heterocycles. The molecule has 2 rings (SSSR count). The maximum Gasteiger partial charge on any atom is 0.308 e. The number of benzene rings is 1. The van der Waals surface area contributed by atoms with Gasteiger partial charge in [0.1, 0.15) is 0 Å². The molecule has 0 radical (unpaired) electrons. The first kappa shape index (κ1) is 14.2. The molecule has 0 saturated carbocycles. The molecule has 0 saturated heterocycles. The van der Waals surface area contributed by atoms with Crippen LogP contribution in [-0.2, 0) is 0 Å². The Morgan fingerprint density at radius 2 is 1.95 bits per heavy atom. The first-order valence-corrected chi connectivity index (χ1v) is 6.75. The van der Waals surface area contributed by atoms with Crippen molar-refractivity contribution in [2.75, 3.05) is 6.54 Å². The fourth-order valence-corrected chi connectivity index (χ4v) is 1.68. The molecule has 2 aromatic rings. The van der Waals surface area contributed by atoms with Gasteiger partial charge in [-0.2, -0.15) is 0 Å². The van der Waals surface area contributed by atoms with Gasteiger partial charge in [-0.3, -0.25) is 4.79 Å². The summed E-state index contributed by atoms with van der Waals surface area (Å²) in [5.74, 6) is 0.584. The van der Waals surface area contributed by atoms with Crippen molar-refractivity contribution in [3.05, 3.63) is 35.7 Å². The van der Waals surface area contributed by atoms with Crippen molar-refractivity contribution in [3.63, 3.8) is 0 Å². The van der Waals surface area contributed by atoms with Crippen LogP contribution in [0.5, 0.6) is 0 Å². The van der Waals surface area contributed by atoms with E-state index < -0.39 is 0 Å². The molecular formula is C15H19N3O2. The van der Waals surface area contributed by atoms with Gasteiger partial charge in [-0.05, 0) is 31.4 Å². The third kappa shape index (κ3) is 3.66. The summed E-state index contributed by atoms with van der Waals surface area (Å²) in [7, 11) is 0. The summed E-state index contributed by atoms with van der Waals surface area (Å²) in [6.45, 7) is 6.83. The molecule has 0 fully saturated rings. The maximum absolute atomic E-state index is 11.8. The Morgan fingerprint density at radius 3 is 2.60 bits per heavy atom. The van der Waals surface area contributed by atoms with Crippen molar-refractivity contribution in [2.24, 2.45) is 5.92 Å². The quantitative estimate of drug-likeness (QED) is 0.909. The number of nitrogens with one attached hydrogen (secondary N) is 1. The van der Waals surface area contributed by atoms with E-state index >= 15 is 0 Å². The number of carbonyl (C=O) groups excluding carboxylic acids is 1. The number of nitrogens with zero attached hydrogens (tertiary/aromatic N) is 2. The standard InChI is InChI=1S/C15H19N3O2/c1-10(2)8-9-16-13(19)15-18-17-14(20-15)12-6-4-11(3)5-7-12/h4-7,10H,8-9H2,1-3H3,(H,16,19). The number of carbonyl (C=O) groups is 1. The molecule has 106 valence electrons. The van der Waals surface area contributed by atoms with Crippen LogP contribution in [-0.4, -0.2) is 22.6 Å². The lowest BCUT2D eigenvalue weighted by molar-refractivity contribution is 0.0918. The molecule has 1 N–H and O–H groups in total. The van der Waals surface area contributed by atoms with Gasteiger partial charge < -0.3 is 9.73 Å². The van der Waals surface area contributed by atoms with Crippen molar-refractivity contribution >= 4 is 5.91 Å². The predicted octanol–water partition coefficient (Wildman–Crippen LogP) is 2.82. The molecule has 1 aromatic heterocycles. The highest BCUT2D eigenvalue weighted by Crippen LogP contribution is 2.18. The highest BCUT2D eigenvalue weighted by molar-refractivity contribution is 5.89. The van der Waals surface area contributed by atoms with Crippen LogP contribution in [0.3, 0.4) is 0 Å². The third-order valence-corrected chi connectivity index (χ3v) is 2.93. The molecule has 0 unspecified atom stereocenters. The van der Waals surface area contributed by atoms with E-state index in [1.165, 1.54) is 0 Å². The van der Waals surface area contributed by atoms with Crippen LogP contribution < -0.4 is 5.32 Å². The molecule has 5 heteroatoms. The lowest BCUT2D eigenvalue weighted by atomic mass is 10.1. The van der Waals surface area contributed by atoms with Crippen LogP contribution >= 0.6 is 0 Å². The van der Waals surface area contributed by atoms with Crippen molar-refractivity contribution in [3.8, 4) is 11.5 Å². The number of rotatable bonds is 5. The zero-order valence-electron chi connectivity index (χ0n) is 12.0. The molecule has 0 spiro atoms. The Labute approximate surface area is 118 Å². The maximum atomic E-state index is 11.8. The van der Waals surface area contributed by atoms with E-state index in [9.17, 15) is 4.79 Å². The van der Waals surface area contributed by atoms with Gasteiger partial charge in [0, 0.05) is 12.1 Å². The molecule has 0 atom stereocenters. The number of hydrogen-bond donors (Lipinski definition) is 1. The van der Waals surface area contributed by atoms with Gasteiger partial charge in [0.15, 0.2) is 0 Å². The first-order valence-electron chi connectivity index (χ1n) is 6.75. The molecule has 5 nitrogen and oxygen atoms in total. The lowest BCUT2D eigenvalue weighted by Crippen LogP contribution is -2.25. The van der Waals surface area contributed by atoms with Gasteiger partial charge in [0.05, 0.1) is 0 Å². The van der Waals surface area contributed by atoms with Crippen molar-refractivity contribution in [1.29, 1.82) is 0 Å². The van der Waals surface area contributed by atoms with E-state index in [1.54, 1.807) is 0 Å². The summed E-state index contributed by atoms with van der Waals surface area (Å²) in [6.07, 6.45) is 0.921. The van der Waals surface area contributed by atoms with Gasteiger partial charge in [-0.25, -0.2) is 0 Å². The molecule has 0 aliphatic heterocycles. The largest absolute Gasteiger partial charge is 0.412 e. The highest BCUT2D eigenvalue weighted by atomic mass is 16.4. The van der Waals surface area contributed by atoms with Crippen LogP contribution in [0.25, 0.3) is 11.5 Å². The summed E-state index contributed by atoms with van der Waals surface area (Å²) in [5, 5.41) is 10.5. The number of hydrogen-bond acceptors (Lipinski definition) is 4. The Kier molecular flexibility index (Phi) is 4.50. The van der Waals surface area contributed by atoms with Crippen molar-refractivity contribution in [1.82, 2.24) is 15.5 Å². The van der Waals surface area contributed by atoms with E-state index in [4.69, 9.17) is 4.42 Å². The minimum Gasteiger partial charge on any atom is -0.412 e. The molecule has 0 aliphatic carbocycles. The molecule has 20 heavy (non-hydrogen) atoms. The van der Waals surface area contributed by atoms with Crippen molar-refractivity contribution in [2.45, 2.75) is 27.2 Å². The van der Waals surface area contributed by atoms with Crippen LogP contribution in [0.1, 0.15) is 36.5 Å². The summed E-state index contributed by atoms with van der Waals surface area (Å²) in [4.78, 5) is 11.8. The van der Waals surface area contributed by atoms with Gasteiger partial charge >= 0.3 is 11.8 Å². The number of amides is 1. The normalized spacial score (nSPS) is 10.8. The second-order valence-electron chi connectivity index (χ2n) is 5.22. The van der Waals surface area contributed by atoms with Gasteiger partial charge in [0.2, 0.25) is 5.89 Å². The van der Waals surface area contributed by atoms with Crippen LogP contribution in [0.2, 0.25) is 0 Å². The Morgan fingerprint density at radius 1 is 1.25 bits per heavy atom. The van der Waals surface area contributed by atoms with E-state index in [2.05, 4.69) is 29.4 Å². The van der Waals surface area contributed by atoms with Crippen LogP contribution in [0, 0.1) is 12.8 Å². The minimum absolute atomic E-state index is 0.00401. The topological polar surface area (TPSA) is 68.0 Å². The van der Waals surface area contributed by atoms with Crippen molar-refractivity contribution < 1.29 is 9.21 Å². The van der Waals surface area contributed by atoms with Crippen LogP contribution in [0.4, 0.5) is 0 Å². The Hall–Kier alpha value is -2.17. The van der Waals surface area contributed by atoms with Crippen LogP contribution in [0.15, 0.2) is 28.7 Å². The van der Waals surface area contributed by atoms with E-state index in [0.29, 0.717) is 18.4 Å². The smallest absolute Gasteiger partial charge is 0.308 e. The van der Waals surface area contributed by atoms with Gasteiger partial charge in [-0.15, -0.1) is 10.2 Å². The summed E-state index contributed by atoms with van der Waals surface area (Å²) >= 11 is 0. The fourth-order valence-electron chi connectivity index (χ4n) is 1.68.